The van der Waals surface area contributed by atoms with E-state index < -0.39 is 34.3 Å². The number of hydrogen-bond donors (Lipinski definition) is 1. The highest BCUT2D eigenvalue weighted by molar-refractivity contribution is 6.32. The molecule has 0 radical (unpaired) electrons. The number of carbonyl (C=O) groups excluding carboxylic acids is 1. The van der Waals surface area contributed by atoms with E-state index in [4.69, 9.17) is 11.6 Å². The van der Waals surface area contributed by atoms with Gasteiger partial charge in [0.2, 0.25) is 0 Å². The Kier molecular flexibility index (Phi) is 5.27. The highest BCUT2D eigenvalue weighted by atomic mass is 35.5. The first kappa shape index (κ1) is 19.8. The molecule has 1 heterocycles. The van der Waals surface area contributed by atoms with Gasteiger partial charge in [0, 0.05) is 18.2 Å². The first-order valence-corrected chi connectivity index (χ1v) is 8.72. The summed E-state index contributed by atoms with van der Waals surface area (Å²) in [7, 11) is 0. The zero-order valence-corrected chi connectivity index (χ0v) is 14.8. The number of carbonyl (C=O) groups is 1. The molecule has 0 unspecified atom stereocenters. The van der Waals surface area contributed by atoms with Crippen LogP contribution < -0.4 is 0 Å². The predicted octanol–water partition coefficient (Wildman–Crippen LogP) is 4.95. The third kappa shape index (κ3) is 3.71. The molecule has 0 amide bonds. The first-order chi connectivity index (χ1) is 12.6. The number of pyridine rings is 1. The topological polar surface area (TPSA) is 50.2 Å². The van der Waals surface area contributed by atoms with Gasteiger partial charge < -0.3 is 5.11 Å². The Morgan fingerprint density at radius 1 is 1.30 bits per heavy atom. The van der Waals surface area contributed by atoms with Gasteiger partial charge in [-0.15, -0.1) is 0 Å². The Balaban J connectivity index is 1.82. The van der Waals surface area contributed by atoms with Gasteiger partial charge in [-0.3, -0.25) is 9.78 Å². The maximum atomic E-state index is 15.5. The van der Waals surface area contributed by atoms with Crippen LogP contribution in [-0.2, 0) is 23.1 Å². The fourth-order valence-electron chi connectivity index (χ4n) is 3.35. The van der Waals surface area contributed by atoms with Crippen molar-refractivity contribution in [3.8, 4) is 0 Å². The second-order valence-electron chi connectivity index (χ2n) is 6.49. The van der Waals surface area contributed by atoms with E-state index in [9.17, 15) is 23.1 Å². The number of Topliss-reactive ketones (excluding diaryl/α,β-unsaturated/α-hetero) is 1. The summed E-state index contributed by atoms with van der Waals surface area (Å²) in [6.07, 6.45) is -4.76. The number of ketones is 1. The molecule has 1 aliphatic rings. The van der Waals surface area contributed by atoms with Gasteiger partial charge in [-0.05, 0) is 37.0 Å². The normalized spacial score (nSPS) is 22.4. The molecule has 1 aromatic heterocycles. The molecule has 0 saturated heterocycles. The molecule has 1 aliphatic carbocycles. The quantitative estimate of drug-likeness (QED) is 0.738. The Bertz CT molecular complexity index is 871. The molecule has 2 aromatic rings. The average molecular weight is 402 g/mol. The zero-order valence-electron chi connectivity index (χ0n) is 14.1. The maximum Gasteiger partial charge on any atom is 0.417 e. The molecule has 1 aromatic carbocycles. The van der Waals surface area contributed by atoms with Crippen molar-refractivity contribution in [2.75, 3.05) is 0 Å². The summed E-state index contributed by atoms with van der Waals surface area (Å²) in [6, 6.07) is 6.32. The lowest BCUT2D eigenvalue weighted by Gasteiger charge is -2.32. The molecule has 3 nitrogen and oxygen atoms in total. The van der Waals surface area contributed by atoms with E-state index in [0.29, 0.717) is 0 Å². The summed E-state index contributed by atoms with van der Waals surface area (Å²) in [4.78, 5) is 16.6. The van der Waals surface area contributed by atoms with Crippen molar-refractivity contribution in [2.45, 2.75) is 43.6 Å². The second-order valence-corrected chi connectivity index (χ2v) is 6.87. The zero-order chi connectivity index (χ0) is 19.8. The molecule has 0 bridgehead atoms. The number of nitrogens with zero attached hydrogens (tertiary/aromatic N) is 1. The Morgan fingerprint density at radius 2 is 2.04 bits per heavy atom. The maximum absolute atomic E-state index is 15.5. The lowest BCUT2D eigenvalue weighted by molar-refractivity contribution is -0.137. The van der Waals surface area contributed by atoms with E-state index in [-0.39, 0.29) is 42.5 Å². The number of alkyl halides is 4. The van der Waals surface area contributed by atoms with E-state index >= 15 is 4.39 Å². The Hall–Kier alpha value is -1.99. The van der Waals surface area contributed by atoms with Crippen LogP contribution in [0.2, 0.25) is 5.02 Å². The second kappa shape index (κ2) is 7.20. The molecule has 0 spiro atoms. The fourth-order valence-corrected chi connectivity index (χ4v) is 3.68. The Morgan fingerprint density at radius 3 is 2.74 bits per heavy atom. The summed E-state index contributed by atoms with van der Waals surface area (Å²) in [5.41, 5.74) is -3.04. The van der Waals surface area contributed by atoms with Gasteiger partial charge >= 0.3 is 6.18 Å². The lowest BCUT2D eigenvalue weighted by atomic mass is 9.77. The van der Waals surface area contributed by atoms with Crippen molar-refractivity contribution >= 4 is 17.4 Å². The summed E-state index contributed by atoms with van der Waals surface area (Å²) >= 11 is 5.83. The van der Waals surface area contributed by atoms with Gasteiger partial charge in [0.05, 0.1) is 22.4 Å². The van der Waals surface area contributed by atoms with Crippen LogP contribution in [0.4, 0.5) is 17.6 Å². The number of fused-ring (bicyclic) bond motifs is 1. The highest BCUT2D eigenvalue weighted by Crippen LogP contribution is 2.44. The van der Waals surface area contributed by atoms with Gasteiger partial charge in [-0.25, -0.2) is 4.39 Å². The van der Waals surface area contributed by atoms with E-state index in [1.807, 2.05) is 0 Å². The number of aliphatic hydroxyl groups excluding tert-OH is 1. The third-order valence-electron chi connectivity index (χ3n) is 4.79. The van der Waals surface area contributed by atoms with E-state index in [0.717, 1.165) is 6.07 Å². The van der Waals surface area contributed by atoms with Gasteiger partial charge in [0.15, 0.2) is 11.5 Å². The van der Waals surface area contributed by atoms with Crippen LogP contribution in [0.15, 0.2) is 36.5 Å². The molecular formula is C19H16ClF4NO2. The highest BCUT2D eigenvalue weighted by Gasteiger charge is 2.46. The molecule has 1 N–H and O–H groups in total. The average Bonchev–Trinajstić information content (AvgIpc) is 2.63. The fraction of sp³-hybridized carbons (Fsp3) is 0.368. The summed E-state index contributed by atoms with van der Waals surface area (Å²) in [5, 5.41) is 9.48. The minimum absolute atomic E-state index is 0.0175. The van der Waals surface area contributed by atoms with E-state index in [1.54, 1.807) is 0 Å². The molecule has 27 heavy (non-hydrogen) atoms. The standard InChI is InChI=1S/C19H16ClF4NO2/c20-16-11(3-1-4-12(16)19(22,23)24)6-7-15(27)18(21)9-8-14(26)17-13(18)5-2-10-25-17/h1-5,10,14,26H,6-9H2/t14-,18+/m1/s1. The van der Waals surface area contributed by atoms with Gasteiger partial charge in [-0.2, -0.15) is 13.2 Å². The number of aromatic nitrogens is 1. The molecule has 2 atom stereocenters. The molecule has 0 fully saturated rings. The van der Waals surface area contributed by atoms with Crippen LogP contribution in [-0.4, -0.2) is 15.9 Å². The van der Waals surface area contributed by atoms with Gasteiger partial charge in [0.1, 0.15) is 0 Å². The largest absolute Gasteiger partial charge is 0.417 e. The molecule has 0 aliphatic heterocycles. The van der Waals surface area contributed by atoms with Gasteiger partial charge in [-0.1, -0.05) is 29.8 Å². The van der Waals surface area contributed by atoms with Crippen molar-refractivity contribution in [3.63, 3.8) is 0 Å². The van der Waals surface area contributed by atoms with Crippen LogP contribution in [0.3, 0.4) is 0 Å². The van der Waals surface area contributed by atoms with Crippen LogP contribution in [0.1, 0.15) is 47.8 Å². The molecule has 3 rings (SSSR count). The Labute approximate surface area is 158 Å². The number of hydrogen-bond acceptors (Lipinski definition) is 3. The summed E-state index contributed by atoms with van der Waals surface area (Å²) < 4.78 is 54.3. The molecule has 144 valence electrons. The van der Waals surface area contributed by atoms with Crippen LogP contribution >= 0.6 is 11.6 Å². The third-order valence-corrected chi connectivity index (χ3v) is 5.24. The van der Waals surface area contributed by atoms with Crippen LogP contribution in [0.25, 0.3) is 0 Å². The van der Waals surface area contributed by atoms with Crippen LogP contribution in [0, 0.1) is 0 Å². The lowest BCUT2D eigenvalue weighted by Crippen LogP contribution is -2.36. The first-order valence-electron chi connectivity index (χ1n) is 8.35. The van der Waals surface area contributed by atoms with E-state index in [2.05, 4.69) is 4.98 Å². The number of rotatable bonds is 4. The predicted molar refractivity (Wildman–Crippen MR) is 91.0 cm³/mol. The van der Waals surface area contributed by atoms with Crippen molar-refractivity contribution in [1.29, 1.82) is 0 Å². The number of benzene rings is 1. The SMILES string of the molecule is O=C(CCc1cccc(C(F)(F)F)c1Cl)[C@]1(F)CC[C@@H](O)c2ncccc21. The smallest absolute Gasteiger partial charge is 0.387 e. The van der Waals surface area contributed by atoms with Gasteiger partial charge in [0.25, 0.3) is 0 Å². The summed E-state index contributed by atoms with van der Waals surface area (Å²) in [5.74, 6) is -0.767. The molecule has 8 heteroatoms. The van der Waals surface area contributed by atoms with Crippen LogP contribution in [0.5, 0.6) is 0 Å². The molecule has 0 saturated carbocycles. The minimum atomic E-state index is -4.61. The number of aryl methyl sites for hydroxylation is 1. The number of halogens is 5. The van der Waals surface area contributed by atoms with Crippen molar-refractivity contribution in [3.05, 3.63) is 63.9 Å². The minimum Gasteiger partial charge on any atom is -0.387 e. The molecular weight excluding hydrogens is 386 g/mol. The summed E-state index contributed by atoms with van der Waals surface area (Å²) in [6.45, 7) is 0. The number of aliphatic hydroxyl groups is 1. The van der Waals surface area contributed by atoms with E-state index in [1.165, 1.54) is 30.5 Å². The van der Waals surface area contributed by atoms with Crippen molar-refractivity contribution in [2.24, 2.45) is 0 Å². The monoisotopic (exact) mass is 401 g/mol. The van der Waals surface area contributed by atoms with Crippen molar-refractivity contribution < 1.29 is 27.5 Å². The van der Waals surface area contributed by atoms with Crippen molar-refractivity contribution in [1.82, 2.24) is 4.98 Å².